The summed E-state index contributed by atoms with van der Waals surface area (Å²) in [7, 11) is 0. The number of halogens is 2. The number of alkyl halides is 2. The Bertz CT molecular complexity index is 996. The molecule has 32 heavy (non-hydrogen) atoms. The van der Waals surface area contributed by atoms with Crippen LogP contribution in [0.25, 0.3) is 5.65 Å². The van der Waals surface area contributed by atoms with Gasteiger partial charge in [-0.2, -0.15) is 5.10 Å². The predicted molar refractivity (Wildman–Crippen MR) is 127 cm³/mol. The van der Waals surface area contributed by atoms with E-state index in [9.17, 15) is 4.79 Å². The average molecular weight is 479 g/mol. The van der Waals surface area contributed by atoms with Crippen LogP contribution in [0, 0.1) is 12.8 Å². The normalized spacial score (nSPS) is 31.4. The lowest BCUT2D eigenvalue weighted by molar-refractivity contribution is -0.140. The molecule has 0 spiro atoms. The van der Waals surface area contributed by atoms with E-state index >= 15 is 0 Å². The highest BCUT2D eigenvalue weighted by molar-refractivity contribution is 6.24. The Morgan fingerprint density at radius 2 is 2.00 bits per heavy atom. The van der Waals surface area contributed by atoms with Crippen molar-refractivity contribution >= 4 is 40.6 Å². The van der Waals surface area contributed by atoms with E-state index in [1.807, 2.05) is 21.7 Å². The van der Waals surface area contributed by atoms with E-state index in [0.717, 1.165) is 80.9 Å². The molecule has 5 rings (SSSR count). The first-order valence-corrected chi connectivity index (χ1v) is 12.7. The number of carbonyl (C=O) groups excluding carboxylic acids is 1. The zero-order valence-electron chi connectivity index (χ0n) is 18.6. The van der Waals surface area contributed by atoms with Crippen molar-refractivity contribution in [1.29, 1.82) is 0 Å². The highest BCUT2D eigenvalue weighted by atomic mass is 35.5. The zero-order chi connectivity index (χ0) is 22.4. The van der Waals surface area contributed by atoms with Crippen molar-refractivity contribution in [3.05, 3.63) is 23.5 Å². The predicted octanol–water partition coefficient (Wildman–Crippen LogP) is 3.64. The molecular weight excluding hydrogens is 447 g/mol. The lowest BCUT2D eigenvalue weighted by Gasteiger charge is -2.39. The number of hydrogen-bond acceptors (Lipinski definition) is 5. The molecule has 0 aromatic carbocycles. The first-order valence-electron chi connectivity index (χ1n) is 11.9. The number of anilines is 1. The van der Waals surface area contributed by atoms with Gasteiger partial charge in [-0.25, -0.2) is 9.50 Å². The molecule has 1 aliphatic carbocycles. The summed E-state index contributed by atoms with van der Waals surface area (Å²) in [5.41, 5.74) is 8.92. The maximum Gasteiger partial charge on any atom is 0.227 e. The lowest BCUT2D eigenvalue weighted by Crippen LogP contribution is -2.46. The van der Waals surface area contributed by atoms with E-state index < -0.39 is 0 Å². The Kier molecular flexibility index (Phi) is 6.25. The molecule has 2 aromatic rings. The average Bonchev–Trinajstić information content (AvgIpc) is 3.38. The lowest BCUT2D eigenvalue weighted by atomic mass is 9.86. The Labute approximate surface area is 199 Å². The molecule has 174 valence electrons. The molecule has 9 heteroatoms. The summed E-state index contributed by atoms with van der Waals surface area (Å²) < 4.78 is 1.85. The molecule has 1 saturated carbocycles. The first-order chi connectivity index (χ1) is 15.4. The van der Waals surface area contributed by atoms with E-state index in [1.54, 1.807) is 0 Å². The molecule has 5 atom stereocenters. The third-order valence-electron chi connectivity index (χ3n) is 7.30. The van der Waals surface area contributed by atoms with Gasteiger partial charge in [0.15, 0.2) is 5.65 Å². The second-order valence-electron chi connectivity index (χ2n) is 9.69. The van der Waals surface area contributed by atoms with E-state index in [1.165, 1.54) is 0 Å². The van der Waals surface area contributed by atoms with Gasteiger partial charge in [-0.3, -0.25) is 4.79 Å². The molecule has 2 aliphatic heterocycles. The maximum atomic E-state index is 13.5. The van der Waals surface area contributed by atoms with Gasteiger partial charge < -0.3 is 15.5 Å². The number of carbonyl (C=O) groups is 1. The van der Waals surface area contributed by atoms with Crippen molar-refractivity contribution in [2.24, 2.45) is 11.7 Å². The number of aromatic nitrogens is 3. The van der Waals surface area contributed by atoms with Crippen LogP contribution < -0.4 is 10.6 Å². The molecular formula is C23H32Cl2N6O. The van der Waals surface area contributed by atoms with Crippen molar-refractivity contribution in [3.8, 4) is 0 Å². The largest absolute Gasteiger partial charge is 0.355 e. The molecule has 3 unspecified atom stereocenters. The number of fused-ring (bicyclic) bond motifs is 1. The third kappa shape index (κ3) is 4.19. The van der Waals surface area contributed by atoms with Crippen LogP contribution >= 0.6 is 23.2 Å². The molecule has 3 fully saturated rings. The fourth-order valence-corrected chi connectivity index (χ4v) is 6.40. The SMILES string of the molecule is Cc1cn2nc([C@@H]3CCCCN3C(=O)C3CCC(Cl)CC3Cl)cc2nc1N1CC[C@H](N)C1. The Balaban J connectivity index is 1.41. The zero-order valence-corrected chi connectivity index (χ0v) is 20.1. The van der Waals surface area contributed by atoms with Crippen molar-refractivity contribution < 1.29 is 4.79 Å². The molecule has 0 radical (unpaired) electrons. The summed E-state index contributed by atoms with van der Waals surface area (Å²) in [4.78, 5) is 22.7. The van der Waals surface area contributed by atoms with Gasteiger partial charge >= 0.3 is 0 Å². The summed E-state index contributed by atoms with van der Waals surface area (Å²) in [5, 5.41) is 4.73. The molecule has 1 amide bonds. The van der Waals surface area contributed by atoms with E-state index in [0.29, 0.717) is 6.42 Å². The van der Waals surface area contributed by atoms with Crippen LogP contribution in [0.2, 0.25) is 0 Å². The summed E-state index contributed by atoms with van der Waals surface area (Å²) in [5.74, 6) is 0.984. The van der Waals surface area contributed by atoms with Gasteiger partial charge in [0.25, 0.3) is 0 Å². The van der Waals surface area contributed by atoms with E-state index in [-0.39, 0.29) is 34.7 Å². The summed E-state index contributed by atoms with van der Waals surface area (Å²) >= 11 is 12.9. The quantitative estimate of drug-likeness (QED) is 0.680. The third-order valence-corrected chi connectivity index (χ3v) is 8.18. The fraction of sp³-hybridized carbons (Fsp3) is 0.696. The second-order valence-corrected chi connectivity index (χ2v) is 10.9. The number of nitrogens with two attached hydrogens (primary N) is 1. The van der Waals surface area contributed by atoms with Gasteiger partial charge in [0.2, 0.25) is 5.91 Å². The van der Waals surface area contributed by atoms with Crippen molar-refractivity contribution in [1.82, 2.24) is 19.5 Å². The van der Waals surface area contributed by atoms with Crippen LogP contribution in [0.15, 0.2) is 12.3 Å². The van der Waals surface area contributed by atoms with Crippen molar-refractivity contribution in [3.63, 3.8) is 0 Å². The molecule has 7 nitrogen and oxygen atoms in total. The topological polar surface area (TPSA) is 79.8 Å². The van der Waals surface area contributed by atoms with Crippen LogP contribution in [0.5, 0.6) is 0 Å². The van der Waals surface area contributed by atoms with Crippen LogP contribution in [-0.2, 0) is 4.79 Å². The van der Waals surface area contributed by atoms with Crippen LogP contribution in [0.1, 0.15) is 62.2 Å². The second kappa shape index (κ2) is 8.99. The minimum Gasteiger partial charge on any atom is -0.355 e. The Morgan fingerprint density at radius 3 is 2.75 bits per heavy atom. The van der Waals surface area contributed by atoms with E-state index in [2.05, 4.69) is 11.8 Å². The number of amides is 1. The van der Waals surface area contributed by atoms with Gasteiger partial charge in [-0.15, -0.1) is 23.2 Å². The molecule has 2 aromatic heterocycles. The summed E-state index contributed by atoms with van der Waals surface area (Å²) in [6.45, 7) is 4.59. The minimum atomic E-state index is -0.193. The molecule has 3 aliphatic rings. The van der Waals surface area contributed by atoms with E-state index in [4.69, 9.17) is 39.0 Å². The summed E-state index contributed by atoms with van der Waals surface area (Å²) in [6, 6.07) is 2.22. The van der Waals surface area contributed by atoms with Gasteiger partial charge in [-0.05, 0) is 51.9 Å². The van der Waals surface area contributed by atoms with Gasteiger partial charge in [0, 0.05) is 54.3 Å². The van der Waals surface area contributed by atoms with Gasteiger partial charge in [0.05, 0.1) is 17.7 Å². The minimum absolute atomic E-state index is 0.0282. The number of hydrogen-bond donors (Lipinski definition) is 1. The maximum absolute atomic E-state index is 13.5. The van der Waals surface area contributed by atoms with Crippen LogP contribution in [-0.4, -0.2) is 61.8 Å². The molecule has 4 heterocycles. The van der Waals surface area contributed by atoms with Crippen LogP contribution in [0.4, 0.5) is 5.82 Å². The number of rotatable bonds is 3. The standard InChI is InChI=1S/C23H32Cl2N6O/c1-14-12-31-21(27-22(14)29-9-7-16(26)13-29)11-19(28-31)20-4-2-3-8-30(20)23(32)17-6-5-15(24)10-18(17)25/h11-12,15-18,20H,2-10,13,26H2,1H3/t15?,16-,17?,18?,20-/m0/s1. The number of piperidine rings is 1. The van der Waals surface area contributed by atoms with Crippen molar-refractivity contribution in [2.75, 3.05) is 24.5 Å². The van der Waals surface area contributed by atoms with Crippen molar-refractivity contribution in [2.45, 2.75) is 74.7 Å². The fourth-order valence-electron chi connectivity index (χ4n) is 5.54. The first kappa shape index (κ1) is 22.2. The molecule has 0 bridgehead atoms. The molecule has 2 N–H and O–H groups in total. The number of aryl methyl sites for hydroxylation is 1. The number of likely N-dealkylation sites (tertiary alicyclic amines) is 1. The highest BCUT2D eigenvalue weighted by Gasteiger charge is 2.39. The smallest absolute Gasteiger partial charge is 0.227 e. The summed E-state index contributed by atoms with van der Waals surface area (Å²) in [6.07, 6.45) is 8.35. The Morgan fingerprint density at radius 1 is 1.16 bits per heavy atom. The monoisotopic (exact) mass is 478 g/mol. The van der Waals surface area contributed by atoms with Gasteiger partial charge in [-0.1, -0.05) is 0 Å². The van der Waals surface area contributed by atoms with Crippen LogP contribution in [0.3, 0.4) is 0 Å². The Hall–Kier alpha value is -1.57. The van der Waals surface area contributed by atoms with Gasteiger partial charge in [0.1, 0.15) is 5.82 Å². The number of nitrogens with zero attached hydrogens (tertiary/aromatic N) is 5. The molecule has 2 saturated heterocycles. The highest BCUT2D eigenvalue weighted by Crippen LogP contribution is 2.37.